The summed E-state index contributed by atoms with van der Waals surface area (Å²) in [6.07, 6.45) is -18.1. The third-order valence-electron chi connectivity index (χ3n) is 7.08. The summed E-state index contributed by atoms with van der Waals surface area (Å²) in [5.74, 6) is -3.53. The topological polar surface area (TPSA) is 254 Å². The van der Waals surface area contributed by atoms with Gasteiger partial charge in [-0.05, 0) is 24.3 Å². The van der Waals surface area contributed by atoms with Gasteiger partial charge in [-0.1, -0.05) is 24.3 Å². The molecule has 0 saturated carbocycles. The lowest BCUT2D eigenvalue weighted by Crippen LogP contribution is -2.64. The van der Waals surface area contributed by atoms with Gasteiger partial charge in [-0.25, -0.2) is 9.59 Å². The fourth-order valence-electron chi connectivity index (χ4n) is 4.69. The maximum Gasteiger partial charge on any atom is 0.342 e. The van der Waals surface area contributed by atoms with Crippen LogP contribution >= 0.6 is 0 Å². The molecule has 3 unspecified atom stereocenters. The number of hydrogen-bond donors (Lipinski definition) is 6. The smallest absolute Gasteiger partial charge is 0.342 e. The van der Waals surface area contributed by atoms with E-state index < -0.39 is 98.5 Å². The molecule has 10 atom stereocenters. The van der Waals surface area contributed by atoms with E-state index in [0.29, 0.717) is 0 Å². The van der Waals surface area contributed by atoms with E-state index in [4.69, 9.17) is 33.2 Å². The summed E-state index contributed by atoms with van der Waals surface area (Å²) in [4.78, 5) is 48.1. The molecule has 2 fully saturated rings. The molecule has 4 rings (SSSR count). The van der Waals surface area contributed by atoms with Gasteiger partial charge in [0.15, 0.2) is 12.6 Å². The quantitative estimate of drug-likeness (QED) is 0.121. The summed E-state index contributed by atoms with van der Waals surface area (Å²) in [6, 6.07) is 11.3. The van der Waals surface area contributed by atoms with Crippen LogP contribution in [-0.4, -0.2) is 129 Å². The second-order valence-corrected chi connectivity index (χ2v) is 10.5. The lowest BCUT2D eigenvalue weighted by atomic mass is 9.98. The van der Waals surface area contributed by atoms with Gasteiger partial charge in [0, 0.05) is 13.8 Å². The van der Waals surface area contributed by atoms with Crippen molar-refractivity contribution in [1.82, 2.24) is 0 Å². The van der Waals surface area contributed by atoms with Gasteiger partial charge in [-0.3, -0.25) is 9.59 Å². The van der Waals surface area contributed by atoms with E-state index in [1.54, 1.807) is 0 Å². The first kappa shape index (κ1) is 35.8. The number of hydrogen-bond acceptors (Lipinski definition) is 17. The Labute approximate surface area is 266 Å². The number of carbonyl (C=O) groups excluding carboxylic acids is 4. The highest BCUT2D eigenvalue weighted by molar-refractivity contribution is 5.94. The number of esters is 4. The van der Waals surface area contributed by atoms with E-state index in [9.17, 15) is 49.8 Å². The van der Waals surface area contributed by atoms with Gasteiger partial charge in [-0.15, -0.1) is 0 Å². The molecule has 0 radical (unpaired) electrons. The summed E-state index contributed by atoms with van der Waals surface area (Å²) in [7, 11) is 0. The molecule has 0 aromatic heterocycles. The minimum atomic E-state index is -1.95. The number of carbonyl (C=O) groups is 4. The third kappa shape index (κ3) is 8.66. The van der Waals surface area contributed by atoms with Crippen LogP contribution in [0, 0.1) is 0 Å². The number of rotatable bonds is 10. The van der Waals surface area contributed by atoms with Crippen LogP contribution in [0.25, 0.3) is 0 Å². The molecule has 2 aromatic carbocycles. The molecule has 2 aromatic rings. The van der Waals surface area contributed by atoms with Crippen molar-refractivity contribution < 1.29 is 83.0 Å². The van der Waals surface area contributed by atoms with Crippen molar-refractivity contribution in [2.75, 3.05) is 13.2 Å². The maximum atomic E-state index is 12.7. The van der Waals surface area contributed by atoms with Gasteiger partial charge < -0.3 is 63.8 Å². The molecule has 256 valence electrons. The highest BCUT2D eigenvalue weighted by Crippen LogP contribution is 2.29. The second-order valence-electron chi connectivity index (χ2n) is 10.5. The Kier molecular flexibility index (Phi) is 12.0. The molecule has 2 heterocycles. The molecule has 2 aliphatic heterocycles. The number of aliphatic hydroxyl groups is 6. The van der Waals surface area contributed by atoms with E-state index >= 15 is 0 Å². The van der Waals surface area contributed by atoms with Crippen molar-refractivity contribution in [3.63, 3.8) is 0 Å². The van der Waals surface area contributed by atoms with Crippen LogP contribution in [0.3, 0.4) is 0 Å². The lowest BCUT2D eigenvalue weighted by molar-refractivity contribution is -0.376. The van der Waals surface area contributed by atoms with Crippen molar-refractivity contribution in [2.45, 2.75) is 75.3 Å². The third-order valence-corrected chi connectivity index (χ3v) is 7.08. The zero-order valence-corrected chi connectivity index (χ0v) is 25.0. The Balaban J connectivity index is 1.40. The Morgan fingerprint density at radius 2 is 0.936 bits per heavy atom. The maximum absolute atomic E-state index is 12.7. The van der Waals surface area contributed by atoms with E-state index in [0.717, 1.165) is 13.8 Å². The molecule has 2 saturated heterocycles. The number of benzene rings is 2. The zero-order valence-electron chi connectivity index (χ0n) is 25.0. The molecule has 0 spiro atoms. The first-order valence-electron chi connectivity index (χ1n) is 14.2. The SMILES string of the molecule is CC(=O)Oc1ccccc1C(=O)OCC1O[C@H](O[C@H]2O[C@H](COC(=O)c3ccccc3OC(C)=O)[C@@H](O)C(O)[C@H]2O)[C@H](O)C(O)[C@@H]1O. The van der Waals surface area contributed by atoms with Crippen molar-refractivity contribution in [3.8, 4) is 11.5 Å². The van der Waals surface area contributed by atoms with Crippen LogP contribution in [0.1, 0.15) is 34.6 Å². The summed E-state index contributed by atoms with van der Waals surface area (Å²) in [5, 5.41) is 62.9. The van der Waals surface area contributed by atoms with Gasteiger partial charge in [-0.2, -0.15) is 0 Å². The summed E-state index contributed by atoms with van der Waals surface area (Å²) in [6.45, 7) is 0.882. The Hall–Kier alpha value is -4.04. The van der Waals surface area contributed by atoms with Gasteiger partial charge in [0.05, 0.1) is 0 Å². The molecule has 2 aliphatic rings. The summed E-state index contributed by atoms with van der Waals surface area (Å²) >= 11 is 0. The van der Waals surface area contributed by atoms with Crippen LogP contribution < -0.4 is 9.47 Å². The largest absolute Gasteiger partial charge is 0.459 e. The van der Waals surface area contributed by atoms with Crippen molar-refractivity contribution >= 4 is 23.9 Å². The van der Waals surface area contributed by atoms with Crippen molar-refractivity contribution in [1.29, 1.82) is 0 Å². The van der Waals surface area contributed by atoms with E-state index in [2.05, 4.69) is 0 Å². The number of aliphatic hydroxyl groups excluding tert-OH is 6. The molecule has 0 amide bonds. The first-order chi connectivity index (χ1) is 22.3. The van der Waals surface area contributed by atoms with Crippen LogP contribution in [-0.2, 0) is 33.3 Å². The van der Waals surface area contributed by atoms with Gasteiger partial charge in [0.25, 0.3) is 0 Å². The lowest BCUT2D eigenvalue weighted by Gasteiger charge is -2.44. The standard InChI is InChI=1S/C30H34O17/c1-13(31)43-17-9-5-3-7-15(17)27(39)41-11-19-21(33)23(35)25(37)29(45-19)47-30-26(38)24(36)22(34)20(46-30)12-42-28(40)16-8-4-6-10-18(16)44-14(2)32/h3-10,19-26,29-30,33-38H,11-12H2,1-2H3/t19-,20?,21-,22-,23?,24?,25-,26-,29-,30-/m1/s1. The molecule has 17 heteroatoms. The molecule has 0 aliphatic carbocycles. The summed E-state index contributed by atoms with van der Waals surface area (Å²) < 4.78 is 36.8. The normalized spacial score (nSPS) is 30.6. The Morgan fingerprint density at radius 3 is 1.30 bits per heavy atom. The predicted molar refractivity (Wildman–Crippen MR) is 151 cm³/mol. The second kappa shape index (κ2) is 15.7. The number of para-hydroxylation sites is 2. The van der Waals surface area contributed by atoms with E-state index in [-0.39, 0.29) is 22.6 Å². The highest BCUT2D eigenvalue weighted by atomic mass is 16.8. The fourth-order valence-corrected chi connectivity index (χ4v) is 4.69. The van der Waals surface area contributed by atoms with Gasteiger partial charge in [0.2, 0.25) is 0 Å². The average molecular weight is 667 g/mol. The predicted octanol–water partition coefficient (Wildman–Crippen LogP) is -1.82. The van der Waals surface area contributed by atoms with Crippen molar-refractivity contribution in [2.24, 2.45) is 0 Å². The van der Waals surface area contributed by atoms with Crippen LogP contribution in [0.5, 0.6) is 11.5 Å². The summed E-state index contributed by atoms with van der Waals surface area (Å²) in [5.41, 5.74) is -0.261. The van der Waals surface area contributed by atoms with Crippen LogP contribution in [0.2, 0.25) is 0 Å². The van der Waals surface area contributed by atoms with Crippen molar-refractivity contribution in [3.05, 3.63) is 59.7 Å². The molecule has 17 nitrogen and oxygen atoms in total. The van der Waals surface area contributed by atoms with Crippen LogP contribution in [0.4, 0.5) is 0 Å². The zero-order chi connectivity index (χ0) is 34.4. The monoisotopic (exact) mass is 666 g/mol. The Morgan fingerprint density at radius 1 is 0.574 bits per heavy atom. The minimum Gasteiger partial charge on any atom is -0.459 e. The van der Waals surface area contributed by atoms with E-state index in [1.165, 1.54) is 48.5 Å². The fraction of sp³-hybridized carbons (Fsp3) is 0.467. The number of ether oxygens (including phenoxy) is 7. The minimum absolute atomic E-state index is 0.0928. The first-order valence-corrected chi connectivity index (χ1v) is 14.2. The van der Waals surface area contributed by atoms with Gasteiger partial charge >= 0.3 is 23.9 Å². The molecule has 47 heavy (non-hydrogen) atoms. The molecule has 0 bridgehead atoms. The highest BCUT2D eigenvalue weighted by Gasteiger charge is 2.50. The molecular formula is C30H34O17. The Bertz CT molecular complexity index is 1330. The van der Waals surface area contributed by atoms with Crippen LogP contribution in [0.15, 0.2) is 48.5 Å². The average Bonchev–Trinajstić information content (AvgIpc) is 3.03. The molecular weight excluding hydrogens is 632 g/mol. The van der Waals surface area contributed by atoms with Gasteiger partial charge in [0.1, 0.15) is 84.7 Å². The van der Waals surface area contributed by atoms with E-state index in [1.807, 2.05) is 0 Å². The molecule has 6 N–H and O–H groups in total.